The summed E-state index contributed by atoms with van der Waals surface area (Å²) < 4.78 is 28.9. The molecule has 0 bridgehead atoms. The van der Waals surface area contributed by atoms with Crippen molar-refractivity contribution < 1.29 is 13.2 Å². The number of rotatable bonds is 9. The first-order chi connectivity index (χ1) is 16.5. The second-order valence-corrected chi connectivity index (χ2v) is 11.9. The monoisotopic (exact) mass is 530 g/mol. The fourth-order valence-electron chi connectivity index (χ4n) is 4.15. The van der Waals surface area contributed by atoms with Crippen LogP contribution in [0.5, 0.6) is 0 Å². The van der Waals surface area contributed by atoms with E-state index >= 15 is 0 Å². The van der Waals surface area contributed by atoms with Crippen LogP contribution in [0.25, 0.3) is 0 Å². The Morgan fingerprint density at radius 1 is 1.00 bits per heavy atom. The highest BCUT2D eigenvalue weighted by atomic mass is 35.5. The van der Waals surface area contributed by atoms with Crippen molar-refractivity contribution in [2.24, 2.45) is 0 Å². The maximum atomic E-state index is 13.8. The summed E-state index contributed by atoms with van der Waals surface area (Å²) in [5, 5.41) is 3.51. The minimum atomic E-state index is -3.96. The predicted octanol–water partition coefficient (Wildman–Crippen LogP) is 6.06. The van der Waals surface area contributed by atoms with E-state index in [1.54, 1.807) is 49.9 Å². The highest BCUT2D eigenvalue weighted by Crippen LogP contribution is 2.27. The predicted molar refractivity (Wildman–Crippen MR) is 144 cm³/mol. The molecular weight excluding hydrogens is 500 g/mol. The number of carbonyl (C=O) groups is 1. The van der Waals surface area contributed by atoms with Crippen LogP contribution in [-0.4, -0.2) is 31.4 Å². The summed E-state index contributed by atoms with van der Waals surface area (Å²) >= 11 is 7.66. The first-order valence-corrected chi connectivity index (χ1v) is 14.3. The van der Waals surface area contributed by atoms with E-state index < -0.39 is 10.0 Å². The molecule has 5 nitrogen and oxygen atoms in total. The van der Waals surface area contributed by atoms with Crippen LogP contribution in [0.15, 0.2) is 70.5 Å². The van der Waals surface area contributed by atoms with Crippen molar-refractivity contribution in [3.63, 3.8) is 0 Å². The van der Waals surface area contributed by atoms with Gasteiger partial charge in [-0.05, 0) is 80.5 Å². The van der Waals surface area contributed by atoms with Gasteiger partial charge in [-0.2, -0.15) is 4.31 Å². The van der Waals surface area contributed by atoms with Crippen molar-refractivity contribution >= 4 is 39.3 Å². The van der Waals surface area contributed by atoms with E-state index in [0.717, 1.165) is 21.6 Å². The number of hydrogen-bond donors (Lipinski definition) is 1. The van der Waals surface area contributed by atoms with E-state index in [9.17, 15) is 13.2 Å². The highest BCUT2D eigenvalue weighted by molar-refractivity contribution is 7.98. The summed E-state index contributed by atoms with van der Waals surface area (Å²) in [6.07, 6.45) is 2.01. The molecule has 3 rings (SSSR count). The van der Waals surface area contributed by atoms with Crippen LogP contribution in [0.2, 0.25) is 5.02 Å². The molecule has 1 amide bonds. The van der Waals surface area contributed by atoms with Crippen molar-refractivity contribution in [2.45, 2.75) is 50.1 Å². The summed E-state index contributed by atoms with van der Waals surface area (Å²) in [6, 6.07) is 18.3. The van der Waals surface area contributed by atoms with Crippen molar-refractivity contribution in [3.8, 4) is 0 Å². The molecule has 8 heteroatoms. The summed E-state index contributed by atoms with van der Waals surface area (Å²) in [7, 11) is -3.96. The molecule has 0 saturated carbocycles. The van der Waals surface area contributed by atoms with Gasteiger partial charge in [0.2, 0.25) is 15.9 Å². The van der Waals surface area contributed by atoms with E-state index in [-0.39, 0.29) is 29.9 Å². The average Bonchev–Trinajstić information content (AvgIpc) is 2.79. The van der Waals surface area contributed by atoms with Crippen LogP contribution in [0.1, 0.15) is 40.8 Å². The molecule has 0 unspecified atom stereocenters. The van der Waals surface area contributed by atoms with Crippen molar-refractivity contribution in [2.75, 3.05) is 12.8 Å². The number of carbonyl (C=O) groups excluding carboxylic acids is 1. The van der Waals surface area contributed by atoms with Gasteiger partial charge >= 0.3 is 0 Å². The smallest absolute Gasteiger partial charge is 0.244 e. The number of thioether (sulfide) groups is 1. The van der Waals surface area contributed by atoms with Gasteiger partial charge in [-0.15, -0.1) is 11.8 Å². The third-order valence-corrected chi connectivity index (χ3v) is 8.88. The second-order valence-electron chi connectivity index (χ2n) is 8.69. The van der Waals surface area contributed by atoms with Crippen molar-refractivity contribution in [3.05, 3.63) is 93.5 Å². The number of halogens is 1. The molecule has 0 aliphatic rings. The van der Waals surface area contributed by atoms with Gasteiger partial charge in [-0.3, -0.25) is 4.79 Å². The van der Waals surface area contributed by atoms with Crippen LogP contribution in [0.3, 0.4) is 0 Å². The van der Waals surface area contributed by atoms with Gasteiger partial charge in [0.15, 0.2) is 0 Å². The van der Waals surface area contributed by atoms with Crippen LogP contribution in [0, 0.1) is 20.8 Å². The number of benzene rings is 3. The van der Waals surface area contributed by atoms with Gasteiger partial charge in [0.05, 0.1) is 17.5 Å². The zero-order valence-electron chi connectivity index (χ0n) is 20.6. The van der Waals surface area contributed by atoms with Gasteiger partial charge in [0, 0.05) is 16.5 Å². The number of hydrogen-bond acceptors (Lipinski definition) is 4. The highest BCUT2D eigenvalue weighted by Gasteiger charge is 2.30. The Kier molecular flexibility index (Phi) is 9.05. The van der Waals surface area contributed by atoms with E-state index in [4.69, 9.17) is 11.6 Å². The molecule has 1 N–H and O–H groups in total. The largest absolute Gasteiger partial charge is 0.348 e. The molecule has 0 heterocycles. The van der Waals surface area contributed by atoms with Gasteiger partial charge < -0.3 is 5.32 Å². The molecule has 0 aliphatic heterocycles. The average molecular weight is 531 g/mol. The quantitative estimate of drug-likeness (QED) is 0.342. The summed E-state index contributed by atoms with van der Waals surface area (Å²) in [4.78, 5) is 14.4. The first-order valence-electron chi connectivity index (χ1n) is 11.3. The maximum Gasteiger partial charge on any atom is 0.244 e. The fraction of sp³-hybridized carbons (Fsp3) is 0.296. The number of sulfonamides is 1. The Morgan fingerprint density at radius 2 is 1.57 bits per heavy atom. The normalized spacial score (nSPS) is 12.5. The SMILES string of the molecule is CSc1ccc([C@@H](C)NC(=O)CN(Cc2ccc(Cl)cc2)S(=O)(=O)c2c(C)cc(C)cc2C)cc1. The lowest BCUT2D eigenvalue weighted by Gasteiger charge is -2.25. The lowest BCUT2D eigenvalue weighted by molar-refractivity contribution is -0.122. The zero-order valence-corrected chi connectivity index (χ0v) is 23.0. The van der Waals surface area contributed by atoms with Crippen LogP contribution < -0.4 is 5.32 Å². The lowest BCUT2D eigenvalue weighted by Crippen LogP contribution is -2.41. The first kappa shape index (κ1) is 27.3. The summed E-state index contributed by atoms with van der Waals surface area (Å²) in [5.41, 5.74) is 4.00. The third kappa shape index (κ3) is 6.88. The summed E-state index contributed by atoms with van der Waals surface area (Å²) in [6.45, 7) is 7.14. The van der Waals surface area contributed by atoms with E-state index in [1.807, 2.05) is 56.5 Å². The number of nitrogens with zero attached hydrogens (tertiary/aromatic N) is 1. The van der Waals surface area contributed by atoms with Crippen molar-refractivity contribution in [1.82, 2.24) is 9.62 Å². The van der Waals surface area contributed by atoms with Gasteiger partial charge in [-0.25, -0.2) is 8.42 Å². The van der Waals surface area contributed by atoms with Crippen molar-refractivity contribution in [1.29, 1.82) is 0 Å². The fourth-order valence-corrected chi connectivity index (χ4v) is 6.48. The molecule has 0 aliphatic carbocycles. The standard InChI is InChI=1S/C27H31ClN2O3S2/c1-18-14-19(2)27(20(3)15-18)35(32,33)30(16-22-6-10-24(28)11-7-22)17-26(31)29-21(4)23-8-12-25(34-5)13-9-23/h6-15,21H,16-17H2,1-5H3,(H,29,31)/t21-/m1/s1. The molecule has 186 valence electrons. The van der Waals surface area contributed by atoms with Gasteiger partial charge in [0.1, 0.15) is 0 Å². The molecule has 0 fully saturated rings. The van der Waals surface area contributed by atoms with Crippen LogP contribution in [-0.2, 0) is 21.4 Å². The Bertz CT molecular complexity index is 1270. The molecule has 0 saturated heterocycles. The molecule has 0 aromatic heterocycles. The molecule has 35 heavy (non-hydrogen) atoms. The lowest BCUT2D eigenvalue weighted by atomic mass is 10.1. The number of aryl methyl sites for hydroxylation is 3. The Hall–Kier alpha value is -2.32. The molecule has 1 atom stereocenters. The van der Waals surface area contributed by atoms with Crippen LogP contribution >= 0.6 is 23.4 Å². The minimum absolute atomic E-state index is 0.0521. The zero-order chi connectivity index (χ0) is 25.8. The minimum Gasteiger partial charge on any atom is -0.348 e. The number of amides is 1. The Balaban J connectivity index is 1.89. The molecule has 3 aromatic rings. The third-order valence-electron chi connectivity index (χ3n) is 5.79. The molecule has 0 spiro atoms. The molecular formula is C27H31ClN2O3S2. The Labute approximate surface area is 217 Å². The number of nitrogens with one attached hydrogen (secondary N) is 1. The van der Waals surface area contributed by atoms with Gasteiger partial charge in [-0.1, -0.05) is 53.6 Å². The van der Waals surface area contributed by atoms with E-state index in [0.29, 0.717) is 16.1 Å². The molecule has 0 radical (unpaired) electrons. The summed E-state index contributed by atoms with van der Waals surface area (Å²) in [5.74, 6) is -0.369. The maximum absolute atomic E-state index is 13.8. The van der Waals surface area contributed by atoms with E-state index in [1.165, 1.54) is 4.31 Å². The Morgan fingerprint density at radius 3 is 2.11 bits per heavy atom. The molecule has 3 aromatic carbocycles. The van der Waals surface area contributed by atoms with Gasteiger partial charge in [0.25, 0.3) is 0 Å². The second kappa shape index (κ2) is 11.6. The van der Waals surface area contributed by atoms with Crippen LogP contribution in [0.4, 0.5) is 0 Å². The van der Waals surface area contributed by atoms with E-state index in [2.05, 4.69) is 5.32 Å². The topological polar surface area (TPSA) is 66.5 Å².